The van der Waals surface area contributed by atoms with Crippen LogP contribution in [0.1, 0.15) is 10.4 Å². The van der Waals surface area contributed by atoms with Crippen LogP contribution < -0.4 is 0 Å². The van der Waals surface area contributed by atoms with Gasteiger partial charge in [0.2, 0.25) is 10.0 Å². The molecule has 118 valence electrons. The molecule has 0 saturated carbocycles. The summed E-state index contributed by atoms with van der Waals surface area (Å²) in [7, 11) is -3.37. The van der Waals surface area contributed by atoms with Gasteiger partial charge in [0.1, 0.15) is 0 Å². The highest BCUT2D eigenvalue weighted by Gasteiger charge is 2.29. The van der Waals surface area contributed by atoms with Gasteiger partial charge in [-0.2, -0.15) is 4.31 Å². The number of sulfonamides is 1. The van der Waals surface area contributed by atoms with Crippen LogP contribution in [0.5, 0.6) is 0 Å². The fourth-order valence-corrected chi connectivity index (χ4v) is 5.13. The molecule has 1 fully saturated rings. The summed E-state index contributed by atoms with van der Waals surface area (Å²) in [5.41, 5.74) is 0.809. The minimum atomic E-state index is -3.37. The summed E-state index contributed by atoms with van der Waals surface area (Å²) in [6.07, 6.45) is 0. The minimum Gasteiger partial charge on any atom is -0.296 e. The summed E-state index contributed by atoms with van der Waals surface area (Å²) >= 11 is 1.75. The van der Waals surface area contributed by atoms with Gasteiger partial charge in [-0.15, -0.1) is 11.3 Å². The van der Waals surface area contributed by atoms with Crippen LogP contribution in [0.2, 0.25) is 0 Å². The highest BCUT2D eigenvalue weighted by molar-refractivity contribution is 7.89. The maximum absolute atomic E-state index is 12.7. The zero-order chi connectivity index (χ0) is 15.6. The average molecular weight is 336 g/mol. The molecular weight excluding hydrogens is 316 g/mol. The number of aryl methyl sites for hydroxylation is 1. The second-order valence-electron chi connectivity index (χ2n) is 5.53. The highest BCUT2D eigenvalue weighted by atomic mass is 32.2. The van der Waals surface area contributed by atoms with Gasteiger partial charge >= 0.3 is 0 Å². The third-order valence-electron chi connectivity index (χ3n) is 4.00. The van der Waals surface area contributed by atoms with E-state index in [0.29, 0.717) is 18.0 Å². The van der Waals surface area contributed by atoms with E-state index in [1.165, 1.54) is 4.88 Å². The van der Waals surface area contributed by atoms with Crippen molar-refractivity contribution >= 4 is 21.4 Å². The van der Waals surface area contributed by atoms with Gasteiger partial charge in [0, 0.05) is 37.6 Å². The number of benzene rings is 1. The number of hydrogen-bond donors (Lipinski definition) is 0. The van der Waals surface area contributed by atoms with E-state index < -0.39 is 10.0 Å². The van der Waals surface area contributed by atoms with Gasteiger partial charge in [0.05, 0.1) is 4.90 Å². The Morgan fingerprint density at radius 2 is 1.77 bits per heavy atom. The van der Waals surface area contributed by atoms with Gasteiger partial charge in [-0.05, 0) is 30.0 Å². The molecule has 1 aromatic carbocycles. The molecule has 0 amide bonds. The largest absolute Gasteiger partial charge is 0.296 e. The smallest absolute Gasteiger partial charge is 0.243 e. The number of hydrogen-bond acceptors (Lipinski definition) is 4. The predicted molar refractivity (Wildman–Crippen MR) is 89.5 cm³/mol. The summed E-state index contributed by atoms with van der Waals surface area (Å²) in [5.74, 6) is 0. The van der Waals surface area contributed by atoms with Gasteiger partial charge in [0.15, 0.2) is 0 Å². The van der Waals surface area contributed by atoms with Crippen LogP contribution >= 0.6 is 11.3 Å². The monoisotopic (exact) mass is 336 g/mol. The molecule has 0 N–H and O–H groups in total. The standard InChI is InChI=1S/C16H20N2O2S2/c1-14-5-2-3-7-16(14)22(19,20)18-10-8-17(9-11-18)13-15-6-4-12-21-15/h2-7,12H,8-11,13H2,1H3. The van der Waals surface area contributed by atoms with Gasteiger partial charge in [-0.1, -0.05) is 24.3 Å². The van der Waals surface area contributed by atoms with Crippen molar-refractivity contribution in [3.63, 3.8) is 0 Å². The molecule has 2 aromatic rings. The van der Waals surface area contributed by atoms with E-state index in [1.807, 2.05) is 19.1 Å². The molecule has 0 bridgehead atoms. The van der Waals surface area contributed by atoms with Crippen molar-refractivity contribution in [1.29, 1.82) is 0 Å². The highest BCUT2D eigenvalue weighted by Crippen LogP contribution is 2.21. The summed E-state index contributed by atoms with van der Waals surface area (Å²) in [5, 5.41) is 2.08. The topological polar surface area (TPSA) is 40.6 Å². The summed E-state index contributed by atoms with van der Waals surface area (Å²) in [4.78, 5) is 4.08. The Morgan fingerprint density at radius 1 is 1.05 bits per heavy atom. The van der Waals surface area contributed by atoms with E-state index in [2.05, 4.69) is 22.4 Å². The van der Waals surface area contributed by atoms with Crippen LogP contribution in [-0.4, -0.2) is 43.8 Å². The molecule has 0 unspecified atom stereocenters. The lowest BCUT2D eigenvalue weighted by molar-refractivity contribution is 0.183. The van der Waals surface area contributed by atoms with E-state index in [0.717, 1.165) is 25.2 Å². The first-order chi connectivity index (χ1) is 10.6. The molecular formula is C16H20N2O2S2. The number of piperazine rings is 1. The van der Waals surface area contributed by atoms with Crippen LogP contribution in [0.15, 0.2) is 46.7 Å². The lowest BCUT2D eigenvalue weighted by Crippen LogP contribution is -2.48. The number of rotatable bonds is 4. The molecule has 1 aliphatic heterocycles. The first kappa shape index (κ1) is 15.7. The second-order valence-corrected chi connectivity index (χ2v) is 8.46. The SMILES string of the molecule is Cc1ccccc1S(=O)(=O)N1CCN(Cc2cccs2)CC1. The van der Waals surface area contributed by atoms with Crippen molar-refractivity contribution in [1.82, 2.24) is 9.21 Å². The van der Waals surface area contributed by atoms with E-state index in [9.17, 15) is 8.42 Å². The van der Waals surface area contributed by atoms with Crippen molar-refractivity contribution < 1.29 is 8.42 Å². The first-order valence-electron chi connectivity index (χ1n) is 7.38. The Hall–Kier alpha value is -1.21. The molecule has 4 nitrogen and oxygen atoms in total. The molecule has 1 aliphatic rings. The van der Waals surface area contributed by atoms with Gasteiger partial charge < -0.3 is 0 Å². The summed E-state index contributed by atoms with van der Waals surface area (Å²) in [6.45, 7) is 5.44. The molecule has 22 heavy (non-hydrogen) atoms. The fraction of sp³-hybridized carbons (Fsp3) is 0.375. The van der Waals surface area contributed by atoms with Crippen LogP contribution in [0, 0.1) is 6.92 Å². The lowest BCUT2D eigenvalue weighted by atomic mass is 10.2. The Morgan fingerprint density at radius 3 is 2.41 bits per heavy atom. The van der Waals surface area contributed by atoms with Gasteiger partial charge in [-0.25, -0.2) is 8.42 Å². The Balaban J connectivity index is 1.67. The average Bonchev–Trinajstić information content (AvgIpc) is 3.01. The van der Waals surface area contributed by atoms with Crippen molar-refractivity contribution in [3.8, 4) is 0 Å². The first-order valence-corrected chi connectivity index (χ1v) is 9.70. The second kappa shape index (κ2) is 6.50. The van der Waals surface area contributed by atoms with Crippen LogP contribution in [0.4, 0.5) is 0 Å². The molecule has 6 heteroatoms. The third kappa shape index (κ3) is 3.25. The zero-order valence-corrected chi connectivity index (χ0v) is 14.2. The van der Waals surface area contributed by atoms with Gasteiger partial charge in [-0.3, -0.25) is 4.90 Å². The molecule has 2 heterocycles. The molecule has 0 spiro atoms. The molecule has 1 aromatic heterocycles. The van der Waals surface area contributed by atoms with E-state index >= 15 is 0 Å². The lowest BCUT2D eigenvalue weighted by Gasteiger charge is -2.34. The Bertz CT molecular complexity index is 718. The van der Waals surface area contributed by atoms with Crippen molar-refractivity contribution in [3.05, 3.63) is 52.2 Å². The molecule has 0 radical (unpaired) electrons. The molecule has 1 saturated heterocycles. The van der Waals surface area contributed by atoms with Crippen molar-refractivity contribution in [2.75, 3.05) is 26.2 Å². The number of thiophene rings is 1. The molecule has 0 atom stereocenters. The van der Waals surface area contributed by atoms with Gasteiger partial charge in [0.25, 0.3) is 0 Å². The predicted octanol–water partition coefficient (Wildman–Crippen LogP) is 2.56. The fourth-order valence-electron chi connectivity index (χ4n) is 2.74. The normalized spacial score (nSPS) is 17.7. The van der Waals surface area contributed by atoms with Crippen molar-refractivity contribution in [2.24, 2.45) is 0 Å². The van der Waals surface area contributed by atoms with E-state index in [1.54, 1.807) is 27.8 Å². The molecule has 0 aliphatic carbocycles. The van der Waals surface area contributed by atoms with Crippen LogP contribution in [0.3, 0.4) is 0 Å². The number of nitrogens with zero attached hydrogens (tertiary/aromatic N) is 2. The van der Waals surface area contributed by atoms with Crippen molar-refractivity contribution in [2.45, 2.75) is 18.4 Å². The zero-order valence-electron chi connectivity index (χ0n) is 12.6. The minimum absolute atomic E-state index is 0.432. The van der Waals surface area contributed by atoms with Crippen LogP contribution in [-0.2, 0) is 16.6 Å². The van der Waals surface area contributed by atoms with Crippen LogP contribution in [0.25, 0.3) is 0 Å². The Kier molecular flexibility index (Phi) is 4.63. The summed E-state index contributed by atoms with van der Waals surface area (Å²) in [6, 6.07) is 11.4. The summed E-state index contributed by atoms with van der Waals surface area (Å²) < 4.78 is 27.1. The molecule has 3 rings (SSSR count). The van der Waals surface area contributed by atoms with E-state index in [-0.39, 0.29) is 0 Å². The maximum Gasteiger partial charge on any atom is 0.243 e. The maximum atomic E-state index is 12.7. The third-order valence-corrected chi connectivity index (χ3v) is 6.92. The quantitative estimate of drug-likeness (QED) is 0.861. The van der Waals surface area contributed by atoms with E-state index in [4.69, 9.17) is 0 Å². The Labute approximate surface area is 136 Å².